The quantitative estimate of drug-likeness (QED) is 0.866. The van der Waals surface area contributed by atoms with Crippen LogP contribution in [0.5, 0.6) is 0 Å². The Balaban J connectivity index is 2.29. The lowest BCUT2D eigenvalue weighted by Gasteiger charge is -1.95. The van der Waals surface area contributed by atoms with E-state index in [-0.39, 0.29) is 5.82 Å². The fourth-order valence-corrected chi connectivity index (χ4v) is 2.24. The van der Waals surface area contributed by atoms with Gasteiger partial charge in [-0.15, -0.1) is 11.3 Å². The molecule has 2 rings (SSSR count). The molecule has 1 aromatic carbocycles. The van der Waals surface area contributed by atoms with Crippen LogP contribution < -0.4 is 5.73 Å². The molecule has 4 heteroatoms. The molecule has 0 aliphatic carbocycles. The molecule has 0 aliphatic rings. The average Bonchev–Trinajstić information content (AvgIpc) is 2.67. The first-order chi connectivity index (χ1) is 7.29. The summed E-state index contributed by atoms with van der Waals surface area (Å²) in [6.45, 7) is 0.616. The fourth-order valence-electron chi connectivity index (χ4n) is 1.32. The summed E-state index contributed by atoms with van der Waals surface area (Å²) in [6.07, 6.45) is 2.63. The van der Waals surface area contributed by atoms with E-state index < -0.39 is 0 Å². The second-order valence-electron chi connectivity index (χ2n) is 3.18. The zero-order chi connectivity index (χ0) is 10.7. The molecule has 0 fully saturated rings. The van der Waals surface area contributed by atoms with Crippen LogP contribution in [0.1, 0.15) is 4.88 Å². The zero-order valence-electron chi connectivity index (χ0n) is 8.11. The molecular formula is C11H11FN2S. The van der Waals surface area contributed by atoms with E-state index in [9.17, 15) is 4.39 Å². The molecule has 0 spiro atoms. The monoisotopic (exact) mass is 222 g/mol. The summed E-state index contributed by atoms with van der Waals surface area (Å²) in [5.41, 5.74) is 6.27. The van der Waals surface area contributed by atoms with Gasteiger partial charge in [-0.05, 0) is 25.1 Å². The van der Waals surface area contributed by atoms with Crippen LogP contribution in [0.4, 0.5) is 4.39 Å². The summed E-state index contributed by atoms with van der Waals surface area (Å²) in [7, 11) is 0. The first-order valence-electron chi connectivity index (χ1n) is 4.70. The van der Waals surface area contributed by atoms with Crippen LogP contribution in [0.3, 0.4) is 0 Å². The van der Waals surface area contributed by atoms with Crippen molar-refractivity contribution in [3.05, 3.63) is 41.2 Å². The molecule has 1 heterocycles. The van der Waals surface area contributed by atoms with E-state index in [0.29, 0.717) is 6.54 Å². The number of hydrogen-bond donors (Lipinski definition) is 1. The minimum atomic E-state index is -0.233. The van der Waals surface area contributed by atoms with Crippen LogP contribution in [0.2, 0.25) is 0 Å². The highest BCUT2D eigenvalue weighted by atomic mass is 32.1. The minimum absolute atomic E-state index is 0.233. The number of rotatable bonds is 3. The summed E-state index contributed by atoms with van der Waals surface area (Å²) < 4.78 is 13.0. The van der Waals surface area contributed by atoms with Crippen molar-refractivity contribution in [1.29, 1.82) is 0 Å². The van der Waals surface area contributed by atoms with Gasteiger partial charge in [0.15, 0.2) is 0 Å². The maximum absolute atomic E-state index is 13.0. The topological polar surface area (TPSA) is 38.9 Å². The first-order valence-corrected chi connectivity index (χ1v) is 5.52. The van der Waals surface area contributed by atoms with E-state index in [0.717, 1.165) is 21.9 Å². The van der Waals surface area contributed by atoms with Crippen molar-refractivity contribution in [2.75, 3.05) is 6.54 Å². The van der Waals surface area contributed by atoms with Crippen molar-refractivity contribution >= 4 is 11.3 Å². The highest BCUT2D eigenvalue weighted by molar-refractivity contribution is 7.15. The van der Waals surface area contributed by atoms with Gasteiger partial charge in [0.2, 0.25) is 0 Å². The van der Waals surface area contributed by atoms with Crippen molar-refractivity contribution in [1.82, 2.24) is 4.98 Å². The fraction of sp³-hybridized carbons (Fsp3) is 0.182. The van der Waals surface area contributed by atoms with Gasteiger partial charge in [0.1, 0.15) is 10.8 Å². The van der Waals surface area contributed by atoms with Crippen LogP contribution in [0.25, 0.3) is 10.6 Å². The highest BCUT2D eigenvalue weighted by Gasteiger charge is 2.04. The van der Waals surface area contributed by atoms with E-state index in [2.05, 4.69) is 4.98 Å². The van der Waals surface area contributed by atoms with Crippen molar-refractivity contribution < 1.29 is 4.39 Å². The molecule has 0 amide bonds. The molecule has 0 saturated carbocycles. The Morgan fingerprint density at radius 2 is 2.27 bits per heavy atom. The van der Waals surface area contributed by atoms with Gasteiger partial charge in [0.25, 0.3) is 0 Å². The Bertz CT molecular complexity index is 453. The van der Waals surface area contributed by atoms with Gasteiger partial charge < -0.3 is 5.73 Å². The van der Waals surface area contributed by atoms with Crippen molar-refractivity contribution in [2.45, 2.75) is 6.42 Å². The van der Waals surface area contributed by atoms with Crippen LogP contribution in [0, 0.1) is 5.82 Å². The summed E-state index contributed by atoms with van der Waals surface area (Å²) in [6, 6.07) is 6.46. The molecule has 0 atom stereocenters. The summed E-state index contributed by atoms with van der Waals surface area (Å²) in [5.74, 6) is -0.233. The highest BCUT2D eigenvalue weighted by Crippen LogP contribution is 2.25. The summed E-state index contributed by atoms with van der Waals surface area (Å²) in [4.78, 5) is 5.38. The lowest BCUT2D eigenvalue weighted by Crippen LogP contribution is -2.00. The Morgan fingerprint density at radius 3 is 3.00 bits per heavy atom. The van der Waals surface area contributed by atoms with Crippen molar-refractivity contribution in [3.8, 4) is 10.6 Å². The lowest BCUT2D eigenvalue weighted by atomic mass is 10.2. The number of nitrogens with zero attached hydrogens (tertiary/aromatic N) is 1. The Morgan fingerprint density at radius 1 is 1.40 bits per heavy atom. The summed E-state index contributed by atoms with van der Waals surface area (Å²) in [5, 5.41) is 0.845. The van der Waals surface area contributed by atoms with Crippen LogP contribution in [-0.4, -0.2) is 11.5 Å². The largest absolute Gasteiger partial charge is 0.330 e. The molecule has 0 aliphatic heterocycles. The smallest absolute Gasteiger partial charge is 0.123 e. The van der Waals surface area contributed by atoms with Crippen LogP contribution in [0.15, 0.2) is 30.5 Å². The first kappa shape index (κ1) is 10.3. The molecule has 0 radical (unpaired) electrons. The molecule has 78 valence electrons. The molecule has 1 aromatic heterocycles. The van der Waals surface area contributed by atoms with Gasteiger partial charge in [-0.1, -0.05) is 12.1 Å². The van der Waals surface area contributed by atoms with E-state index in [4.69, 9.17) is 5.73 Å². The number of thiazole rings is 1. The van der Waals surface area contributed by atoms with Gasteiger partial charge in [-0.25, -0.2) is 9.37 Å². The lowest BCUT2D eigenvalue weighted by molar-refractivity contribution is 0.628. The minimum Gasteiger partial charge on any atom is -0.330 e. The molecule has 15 heavy (non-hydrogen) atoms. The number of aromatic nitrogens is 1. The van der Waals surface area contributed by atoms with Gasteiger partial charge in [-0.2, -0.15) is 0 Å². The Labute approximate surface area is 91.6 Å². The summed E-state index contributed by atoms with van der Waals surface area (Å²) >= 11 is 1.56. The zero-order valence-corrected chi connectivity index (χ0v) is 8.93. The Kier molecular flexibility index (Phi) is 3.08. The molecule has 2 nitrogen and oxygen atoms in total. The van der Waals surface area contributed by atoms with Gasteiger partial charge >= 0.3 is 0 Å². The molecule has 0 unspecified atom stereocenters. The molecule has 0 bridgehead atoms. The standard InChI is InChI=1S/C11H11FN2S/c12-9-3-1-2-8(6-9)11-14-7-10(15-11)4-5-13/h1-3,6-7H,4-5,13H2. The molecule has 0 saturated heterocycles. The SMILES string of the molecule is NCCc1cnc(-c2cccc(F)c2)s1. The normalized spacial score (nSPS) is 10.5. The third-order valence-corrected chi connectivity index (χ3v) is 3.12. The van der Waals surface area contributed by atoms with E-state index >= 15 is 0 Å². The van der Waals surface area contributed by atoms with E-state index in [1.165, 1.54) is 12.1 Å². The molecule has 2 N–H and O–H groups in total. The van der Waals surface area contributed by atoms with Crippen LogP contribution >= 0.6 is 11.3 Å². The maximum Gasteiger partial charge on any atom is 0.123 e. The third-order valence-electron chi connectivity index (χ3n) is 2.02. The van der Waals surface area contributed by atoms with E-state index in [1.54, 1.807) is 23.6 Å². The molecule has 2 aromatic rings. The number of benzene rings is 1. The predicted molar refractivity (Wildman–Crippen MR) is 60.3 cm³/mol. The van der Waals surface area contributed by atoms with Gasteiger partial charge in [0.05, 0.1) is 0 Å². The van der Waals surface area contributed by atoms with Crippen molar-refractivity contribution in [3.63, 3.8) is 0 Å². The average molecular weight is 222 g/mol. The number of halogens is 1. The van der Waals surface area contributed by atoms with E-state index in [1.807, 2.05) is 6.07 Å². The Hall–Kier alpha value is -1.26. The second kappa shape index (κ2) is 4.51. The van der Waals surface area contributed by atoms with Crippen molar-refractivity contribution in [2.24, 2.45) is 5.73 Å². The second-order valence-corrected chi connectivity index (χ2v) is 4.30. The van der Waals surface area contributed by atoms with Crippen LogP contribution in [-0.2, 0) is 6.42 Å². The maximum atomic E-state index is 13.0. The molecular weight excluding hydrogens is 211 g/mol. The van der Waals surface area contributed by atoms with Gasteiger partial charge in [0, 0.05) is 16.6 Å². The third kappa shape index (κ3) is 2.40. The number of hydrogen-bond acceptors (Lipinski definition) is 3. The van der Waals surface area contributed by atoms with Gasteiger partial charge in [-0.3, -0.25) is 0 Å². The predicted octanol–water partition coefficient (Wildman–Crippen LogP) is 2.45. The number of nitrogens with two attached hydrogens (primary N) is 1.